The van der Waals surface area contributed by atoms with Crippen molar-refractivity contribution < 1.29 is 9.47 Å². The van der Waals surface area contributed by atoms with E-state index in [0.717, 1.165) is 23.5 Å². The van der Waals surface area contributed by atoms with Gasteiger partial charge in [-0.3, -0.25) is 0 Å². The van der Waals surface area contributed by atoms with Gasteiger partial charge in [0.25, 0.3) is 0 Å². The van der Waals surface area contributed by atoms with Crippen molar-refractivity contribution in [1.82, 2.24) is 5.32 Å². The highest BCUT2D eigenvalue weighted by Gasteiger charge is 2.22. The molecule has 3 rings (SSSR count). The fourth-order valence-electron chi connectivity index (χ4n) is 3.57. The van der Waals surface area contributed by atoms with E-state index in [9.17, 15) is 0 Å². The second-order valence-electron chi connectivity index (χ2n) is 6.81. The SMILES string of the molecule is CCOc1cc2c(cc1CN=C(N)NC1CCCCC1)OC(C)C2.I. The van der Waals surface area contributed by atoms with Gasteiger partial charge in [0.2, 0.25) is 0 Å². The molecule has 3 N–H and O–H groups in total. The van der Waals surface area contributed by atoms with Crippen molar-refractivity contribution in [2.24, 2.45) is 10.7 Å². The lowest BCUT2D eigenvalue weighted by molar-refractivity contribution is 0.254. The van der Waals surface area contributed by atoms with Gasteiger partial charge in [-0.2, -0.15) is 0 Å². The molecule has 0 amide bonds. The predicted molar refractivity (Wildman–Crippen MR) is 112 cm³/mol. The van der Waals surface area contributed by atoms with Gasteiger partial charge in [-0.05, 0) is 38.8 Å². The summed E-state index contributed by atoms with van der Waals surface area (Å²) in [4.78, 5) is 4.52. The van der Waals surface area contributed by atoms with Crippen LogP contribution in [0.3, 0.4) is 0 Å². The number of hydrogen-bond donors (Lipinski definition) is 2. The molecule has 25 heavy (non-hydrogen) atoms. The monoisotopic (exact) mass is 459 g/mol. The zero-order chi connectivity index (χ0) is 16.9. The van der Waals surface area contributed by atoms with E-state index in [-0.39, 0.29) is 30.1 Å². The minimum atomic E-state index is 0. The lowest BCUT2D eigenvalue weighted by Crippen LogP contribution is -2.41. The molecular formula is C19H30IN3O2. The Hall–Kier alpha value is -1.18. The zero-order valence-corrected chi connectivity index (χ0v) is 17.5. The minimum Gasteiger partial charge on any atom is -0.494 e. The number of rotatable bonds is 5. The Morgan fingerprint density at radius 1 is 1.32 bits per heavy atom. The van der Waals surface area contributed by atoms with Gasteiger partial charge in [0.05, 0.1) is 13.2 Å². The third kappa shape index (κ3) is 5.39. The molecule has 0 radical (unpaired) electrons. The highest BCUT2D eigenvalue weighted by Crippen LogP contribution is 2.35. The summed E-state index contributed by atoms with van der Waals surface area (Å²) in [5, 5.41) is 3.36. The average molecular weight is 459 g/mol. The van der Waals surface area contributed by atoms with Crippen LogP contribution in [0.5, 0.6) is 11.5 Å². The first-order valence-corrected chi connectivity index (χ1v) is 9.17. The summed E-state index contributed by atoms with van der Waals surface area (Å²) < 4.78 is 11.7. The number of nitrogens with zero attached hydrogens (tertiary/aromatic N) is 1. The lowest BCUT2D eigenvalue weighted by atomic mass is 9.96. The number of benzene rings is 1. The highest BCUT2D eigenvalue weighted by molar-refractivity contribution is 14.0. The summed E-state index contributed by atoms with van der Waals surface area (Å²) in [7, 11) is 0. The largest absolute Gasteiger partial charge is 0.494 e. The van der Waals surface area contributed by atoms with Crippen LogP contribution >= 0.6 is 24.0 Å². The van der Waals surface area contributed by atoms with Crippen molar-refractivity contribution >= 4 is 29.9 Å². The van der Waals surface area contributed by atoms with Gasteiger partial charge in [-0.15, -0.1) is 24.0 Å². The summed E-state index contributed by atoms with van der Waals surface area (Å²) >= 11 is 0. The van der Waals surface area contributed by atoms with Gasteiger partial charge in [-0.25, -0.2) is 4.99 Å². The molecule has 1 aliphatic heterocycles. The van der Waals surface area contributed by atoms with Crippen LogP contribution in [0.4, 0.5) is 0 Å². The van der Waals surface area contributed by atoms with Crippen LogP contribution in [0.1, 0.15) is 57.1 Å². The van der Waals surface area contributed by atoms with Gasteiger partial charge in [0.15, 0.2) is 5.96 Å². The molecule has 1 heterocycles. The molecule has 1 atom stereocenters. The molecule has 0 bridgehead atoms. The van der Waals surface area contributed by atoms with Gasteiger partial charge < -0.3 is 20.5 Å². The molecule has 1 aromatic carbocycles. The number of ether oxygens (including phenoxy) is 2. The van der Waals surface area contributed by atoms with Gasteiger partial charge in [-0.1, -0.05) is 19.3 Å². The Kier molecular flexibility index (Phi) is 7.65. The predicted octanol–water partition coefficient (Wildman–Crippen LogP) is 3.76. The summed E-state index contributed by atoms with van der Waals surface area (Å²) in [6, 6.07) is 4.62. The first-order chi connectivity index (χ1) is 11.7. The Morgan fingerprint density at radius 3 is 2.80 bits per heavy atom. The fraction of sp³-hybridized carbons (Fsp3) is 0.632. The molecule has 5 nitrogen and oxygen atoms in total. The van der Waals surface area contributed by atoms with Crippen LogP contribution in [0, 0.1) is 0 Å². The van der Waals surface area contributed by atoms with Gasteiger partial charge >= 0.3 is 0 Å². The third-order valence-corrected chi connectivity index (χ3v) is 4.76. The van der Waals surface area contributed by atoms with Crippen LogP contribution in [0.15, 0.2) is 17.1 Å². The minimum absolute atomic E-state index is 0. The fourth-order valence-corrected chi connectivity index (χ4v) is 3.57. The third-order valence-electron chi connectivity index (χ3n) is 4.76. The quantitative estimate of drug-likeness (QED) is 0.400. The normalized spacial score (nSPS) is 20.4. The summed E-state index contributed by atoms with van der Waals surface area (Å²) in [6.07, 6.45) is 7.42. The van der Waals surface area contributed by atoms with E-state index in [1.54, 1.807) is 0 Å². The van der Waals surface area contributed by atoms with Crippen molar-refractivity contribution in [2.45, 2.75) is 71.1 Å². The van der Waals surface area contributed by atoms with Crippen molar-refractivity contribution in [1.29, 1.82) is 0 Å². The zero-order valence-electron chi connectivity index (χ0n) is 15.2. The smallest absolute Gasteiger partial charge is 0.189 e. The maximum Gasteiger partial charge on any atom is 0.189 e. The van der Waals surface area contributed by atoms with Crippen LogP contribution in [-0.4, -0.2) is 24.7 Å². The van der Waals surface area contributed by atoms with Crippen molar-refractivity contribution in [3.63, 3.8) is 0 Å². The van der Waals surface area contributed by atoms with Crippen LogP contribution < -0.4 is 20.5 Å². The topological polar surface area (TPSA) is 68.9 Å². The number of nitrogens with two attached hydrogens (primary N) is 1. The number of nitrogens with one attached hydrogen (secondary N) is 1. The first-order valence-electron chi connectivity index (χ1n) is 9.17. The molecule has 1 unspecified atom stereocenters. The number of guanidine groups is 1. The lowest BCUT2D eigenvalue weighted by Gasteiger charge is -2.23. The number of fused-ring (bicyclic) bond motifs is 1. The number of aliphatic imine (C=N–C) groups is 1. The van der Waals surface area contributed by atoms with Crippen LogP contribution in [0.25, 0.3) is 0 Å². The van der Waals surface area contributed by atoms with Crippen LogP contribution in [0.2, 0.25) is 0 Å². The maximum absolute atomic E-state index is 6.08. The molecule has 1 saturated carbocycles. The summed E-state index contributed by atoms with van der Waals surface area (Å²) in [6.45, 7) is 5.23. The second kappa shape index (κ2) is 9.50. The van der Waals surface area contributed by atoms with Crippen molar-refractivity contribution in [3.8, 4) is 11.5 Å². The molecule has 6 heteroatoms. The van der Waals surface area contributed by atoms with Crippen LogP contribution in [-0.2, 0) is 13.0 Å². The number of halogens is 1. The molecule has 1 fully saturated rings. The average Bonchev–Trinajstić information content (AvgIpc) is 2.93. The maximum atomic E-state index is 6.08. The highest BCUT2D eigenvalue weighted by atomic mass is 127. The molecule has 0 spiro atoms. The van der Waals surface area contributed by atoms with Gasteiger partial charge in [0.1, 0.15) is 17.6 Å². The Bertz CT molecular complexity index is 601. The van der Waals surface area contributed by atoms with Gasteiger partial charge in [0, 0.05) is 23.6 Å². The van der Waals surface area contributed by atoms with E-state index in [4.69, 9.17) is 15.2 Å². The van der Waals surface area contributed by atoms with E-state index >= 15 is 0 Å². The Balaban J connectivity index is 0.00000225. The molecule has 0 saturated heterocycles. The summed E-state index contributed by atoms with van der Waals surface area (Å²) in [5.41, 5.74) is 8.32. The molecule has 140 valence electrons. The van der Waals surface area contributed by atoms with E-state index in [0.29, 0.717) is 25.2 Å². The molecule has 0 aromatic heterocycles. The van der Waals surface area contributed by atoms with E-state index in [2.05, 4.69) is 29.4 Å². The Labute approximate surface area is 167 Å². The molecule has 2 aliphatic rings. The summed E-state index contributed by atoms with van der Waals surface area (Å²) in [5.74, 6) is 2.37. The number of hydrogen-bond acceptors (Lipinski definition) is 3. The van der Waals surface area contributed by atoms with Crippen molar-refractivity contribution in [3.05, 3.63) is 23.3 Å². The van der Waals surface area contributed by atoms with E-state index < -0.39 is 0 Å². The van der Waals surface area contributed by atoms with E-state index in [1.165, 1.54) is 37.7 Å². The standard InChI is InChI=1S/C19H29N3O2.HI/c1-3-23-17-10-14-9-13(2)24-18(14)11-15(17)12-21-19(20)22-16-7-5-4-6-8-16;/h10-11,13,16H,3-9,12H2,1-2H3,(H3,20,21,22);1H. The second-order valence-corrected chi connectivity index (χ2v) is 6.81. The van der Waals surface area contributed by atoms with Crippen molar-refractivity contribution in [2.75, 3.05) is 6.61 Å². The first kappa shape index (κ1) is 20.1. The molecule has 1 aromatic rings. The molecular weight excluding hydrogens is 429 g/mol. The van der Waals surface area contributed by atoms with E-state index in [1.807, 2.05) is 6.92 Å². The Morgan fingerprint density at radius 2 is 2.08 bits per heavy atom. The molecule has 1 aliphatic carbocycles.